The summed E-state index contributed by atoms with van der Waals surface area (Å²) in [5, 5.41) is 0. The summed E-state index contributed by atoms with van der Waals surface area (Å²) >= 11 is 0. The Hall–Kier alpha value is -1.91. The van der Waals surface area contributed by atoms with Crippen LogP contribution >= 0.6 is 0 Å². The van der Waals surface area contributed by atoms with E-state index >= 15 is 0 Å². The van der Waals surface area contributed by atoms with Crippen LogP contribution in [-0.2, 0) is 0 Å². The molecule has 0 atom stereocenters. The van der Waals surface area contributed by atoms with Crippen LogP contribution in [0.15, 0.2) is 18.9 Å². The van der Waals surface area contributed by atoms with Gasteiger partial charge >= 0.3 is 0 Å². The maximum Gasteiger partial charge on any atom is 0.181 e. The third kappa shape index (κ3) is 1.56. The summed E-state index contributed by atoms with van der Waals surface area (Å²) in [6.45, 7) is 0. The van der Waals surface area contributed by atoms with Gasteiger partial charge in [0.05, 0.1) is 12.0 Å². The minimum absolute atomic E-state index is 0.693. The molecule has 0 saturated carbocycles. The number of fused-ring (bicyclic) bond motifs is 1. The highest BCUT2D eigenvalue weighted by molar-refractivity contribution is 5.78. The molecule has 0 aliphatic carbocycles. The molecular weight excluding hydrogens is 178 g/mol. The molecule has 2 aromatic rings. The summed E-state index contributed by atoms with van der Waals surface area (Å²) < 4.78 is 0. The molecule has 5 nitrogen and oxygen atoms in total. The summed E-state index contributed by atoms with van der Waals surface area (Å²) in [5.74, 6) is 0. The highest BCUT2D eigenvalue weighted by atomic mass is 15.0. The Kier molecular flexibility index (Phi) is 2.14. The van der Waals surface area contributed by atoms with Crippen molar-refractivity contribution in [3.05, 3.63) is 24.5 Å². The van der Waals surface area contributed by atoms with Gasteiger partial charge in [0.25, 0.3) is 0 Å². The number of aromatic nitrogens is 4. The van der Waals surface area contributed by atoms with E-state index in [0.717, 1.165) is 11.2 Å². The maximum absolute atomic E-state index is 4.16. The Morgan fingerprint density at radius 3 is 2.93 bits per heavy atom. The van der Waals surface area contributed by atoms with Gasteiger partial charge in [0, 0.05) is 20.3 Å². The van der Waals surface area contributed by atoms with Crippen LogP contribution in [-0.4, -0.2) is 38.9 Å². The maximum atomic E-state index is 4.16. The quantitative estimate of drug-likeness (QED) is 0.762. The number of hydrogen-bond donors (Lipinski definition) is 1. The van der Waals surface area contributed by atoms with Gasteiger partial charge in [0.2, 0.25) is 0 Å². The minimum Gasteiger partial charge on any atom is -0.383 e. The number of imidazole rings is 1. The summed E-state index contributed by atoms with van der Waals surface area (Å²) in [6.07, 6.45) is 6.98. The van der Waals surface area contributed by atoms with Crippen LogP contribution < -0.4 is 0 Å². The van der Waals surface area contributed by atoms with E-state index in [1.807, 2.05) is 31.3 Å². The molecule has 0 amide bonds. The fourth-order valence-electron chi connectivity index (χ4n) is 1.13. The SMILES string of the molecule is CN(C)C=Cc1ncnc2nc[nH]c12. The molecular formula is C9H11N5. The van der Waals surface area contributed by atoms with Crippen LogP contribution in [0.25, 0.3) is 17.2 Å². The van der Waals surface area contributed by atoms with Crippen molar-refractivity contribution in [3.63, 3.8) is 0 Å². The molecule has 2 aromatic heterocycles. The molecule has 5 heteroatoms. The number of rotatable bonds is 2. The van der Waals surface area contributed by atoms with Crippen LogP contribution in [0, 0.1) is 0 Å². The lowest BCUT2D eigenvalue weighted by atomic mass is 10.3. The molecule has 2 rings (SSSR count). The molecule has 0 fully saturated rings. The zero-order chi connectivity index (χ0) is 9.97. The fourth-order valence-corrected chi connectivity index (χ4v) is 1.13. The van der Waals surface area contributed by atoms with E-state index in [2.05, 4.69) is 19.9 Å². The first kappa shape index (κ1) is 8.68. The minimum atomic E-state index is 0.693. The van der Waals surface area contributed by atoms with Crippen molar-refractivity contribution >= 4 is 17.2 Å². The number of nitrogens with zero attached hydrogens (tertiary/aromatic N) is 4. The van der Waals surface area contributed by atoms with E-state index in [-0.39, 0.29) is 0 Å². The molecule has 1 N–H and O–H groups in total. The van der Waals surface area contributed by atoms with Gasteiger partial charge in [-0.25, -0.2) is 15.0 Å². The largest absolute Gasteiger partial charge is 0.383 e. The van der Waals surface area contributed by atoms with Crippen LogP contribution in [0.4, 0.5) is 0 Å². The summed E-state index contributed by atoms with van der Waals surface area (Å²) in [7, 11) is 3.92. The summed E-state index contributed by atoms with van der Waals surface area (Å²) in [5.41, 5.74) is 2.41. The fraction of sp³-hybridized carbons (Fsp3) is 0.222. The van der Waals surface area contributed by atoms with Crippen molar-refractivity contribution in [3.8, 4) is 0 Å². The Morgan fingerprint density at radius 2 is 2.14 bits per heavy atom. The standard InChI is InChI=1S/C9H11N5/c1-14(2)4-3-7-8-9(12-5-10-7)13-6-11-8/h3-6H,1-2H3,(H,10,11,12,13). The molecule has 0 aliphatic rings. The van der Waals surface area contributed by atoms with Gasteiger partial charge in [0.1, 0.15) is 11.8 Å². The molecule has 14 heavy (non-hydrogen) atoms. The van der Waals surface area contributed by atoms with E-state index in [4.69, 9.17) is 0 Å². The van der Waals surface area contributed by atoms with Crippen molar-refractivity contribution in [2.24, 2.45) is 0 Å². The van der Waals surface area contributed by atoms with Gasteiger partial charge in [-0.15, -0.1) is 0 Å². The van der Waals surface area contributed by atoms with E-state index in [1.54, 1.807) is 6.33 Å². The van der Waals surface area contributed by atoms with E-state index in [9.17, 15) is 0 Å². The van der Waals surface area contributed by atoms with E-state index in [1.165, 1.54) is 6.33 Å². The first-order chi connectivity index (χ1) is 6.77. The molecule has 0 saturated heterocycles. The smallest absolute Gasteiger partial charge is 0.181 e. The Morgan fingerprint density at radius 1 is 1.29 bits per heavy atom. The zero-order valence-electron chi connectivity index (χ0n) is 8.10. The predicted octanol–water partition coefficient (Wildman–Crippen LogP) is 0.885. The second-order valence-corrected chi connectivity index (χ2v) is 3.14. The average Bonchev–Trinajstić information content (AvgIpc) is 2.62. The predicted molar refractivity (Wildman–Crippen MR) is 54.4 cm³/mol. The first-order valence-corrected chi connectivity index (χ1v) is 4.26. The normalized spacial score (nSPS) is 11.3. The molecule has 0 aromatic carbocycles. The van der Waals surface area contributed by atoms with E-state index in [0.29, 0.717) is 5.65 Å². The lowest BCUT2D eigenvalue weighted by Crippen LogP contribution is -2.00. The van der Waals surface area contributed by atoms with Crippen molar-refractivity contribution < 1.29 is 0 Å². The molecule has 0 bridgehead atoms. The van der Waals surface area contributed by atoms with Crippen molar-refractivity contribution in [1.82, 2.24) is 24.8 Å². The summed E-state index contributed by atoms with van der Waals surface area (Å²) in [4.78, 5) is 17.2. The number of nitrogens with one attached hydrogen (secondary N) is 1. The average molecular weight is 189 g/mol. The van der Waals surface area contributed by atoms with Gasteiger partial charge in [-0.3, -0.25) is 0 Å². The van der Waals surface area contributed by atoms with Crippen LogP contribution in [0.5, 0.6) is 0 Å². The molecule has 72 valence electrons. The van der Waals surface area contributed by atoms with Gasteiger partial charge in [-0.2, -0.15) is 0 Å². The number of aromatic amines is 1. The first-order valence-electron chi connectivity index (χ1n) is 4.26. The third-order valence-corrected chi connectivity index (χ3v) is 1.78. The summed E-state index contributed by atoms with van der Waals surface area (Å²) in [6, 6.07) is 0. The van der Waals surface area contributed by atoms with E-state index < -0.39 is 0 Å². The molecule has 0 spiro atoms. The Bertz CT molecular complexity index is 457. The topological polar surface area (TPSA) is 57.7 Å². The molecule has 0 aliphatic heterocycles. The van der Waals surface area contributed by atoms with Crippen LogP contribution in [0.2, 0.25) is 0 Å². The molecule has 0 radical (unpaired) electrons. The van der Waals surface area contributed by atoms with Gasteiger partial charge in [-0.1, -0.05) is 0 Å². The number of H-pyrrole nitrogens is 1. The van der Waals surface area contributed by atoms with Gasteiger partial charge in [-0.05, 0) is 6.08 Å². The van der Waals surface area contributed by atoms with Gasteiger partial charge < -0.3 is 9.88 Å². The zero-order valence-corrected chi connectivity index (χ0v) is 8.10. The van der Waals surface area contributed by atoms with Crippen molar-refractivity contribution in [2.45, 2.75) is 0 Å². The Balaban J connectivity index is 2.46. The van der Waals surface area contributed by atoms with Crippen LogP contribution in [0.3, 0.4) is 0 Å². The highest BCUT2D eigenvalue weighted by Crippen LogP contribution is 2.10. The second kappa shape index (κ2) is 3.45. The lowest BCUT2D eigenvalue weighted by Gasteiger charge is -2.02. The van der Waals surface area contributed by atoms with Gasteiger partial charge in [0.15, 0.2) is 5.65 Å². The van der Waals surface area contributed by atoms with Crippen LogP contribution in [0.1, 0.15) is 5.69 Å². The van der Waals surface area contributed by atoms with Crippen molar-refractivity contribution in [2.75, 3.05) is 14.1 Å². The monoisotopic (exact) mass is 189 g/mol. The molecule has 0 unspecified atom stereocenters. The highest BCUT2D eigenvalue weighted by Gasteiger charge is 2.01. The second-order valence-electron chi connectivity index (χ2n) is 3.14. The van der Waals surface area contributed by atoms with Crippen molar-refractivity contribution in [1.29, 1.82) is 0 Å². The Labute approximate surface area is 81.5 Å². The number of hydrogen-bond acceptors (Lipinski definition) is 4. The molecule has 2 heterocycles. The third-order valence-electron chi connectivity index (χ3n) is 1.78. The lowest BCUT2D eigenvalue weighted by molar-refractivity contribution is 0.567.